The number of halogens is 1. The lowest BCUT2D eigenvalue weighted by Crippen LogP contribution is -2.33. The van der Waals surface area contributed by atoms with Crippen molar-refractivity contribution < 1.29 is 13.2 Å². The van der Waals surface area contributed by atoms with Gasteiger partial charge in [-0.2, -0.15) is 0 Å². The summed E-state index contributed by atoms with van der Waals surface area (Å²) in [5, 5.41) is 0. The van der Waals surface area contributed by atoms with E-state index in [1.54, 1.807) is 7.11 Å². The molecule has 0 spiro atoms. The molecule has 6 heteroatoms. The van der Waals surface area contributed by atoms with E-state index in [-0.39, 0.29) is 16.0 Å². The fourth-order valence-corrected chi connectivity index (χ4v) is 3.86. The lowest BCUT2D eigenvalue weighted by atomic mass is 9.91. The number of sulfonamides is 1. The van der Waals surface area contributed by atoms with Gasteiger partial charge in [0.1, 0.15) is 0 Å². The molecule has 0 heterocycles. The largest absolute Gasteiger partial charge is 0.385 e. The summed E-state index contributed by atoms with van der Waals surface area (Å²) in [5.41, 5.74) is 0.190. The Morgan fingerprint density at radius 3 is 2.41 bits per heavy atom. The first-order valence-corrected chi connectivity index (χ1v) is 8.33. The average molecular weight is 330 g/mol. The molecule has 0 aromatic rings. The molecule has 0 saturated carbocycles. The van der Waals surface area contributed by atoms with E-state index in [0.29, 0.717) is 19.6 Å². The first-order chi connectivity index (χ1) is 7.66. The molecule has 0 fully saturated rings. The highest BCUT2D eigenvalue weighted by Gasteiger charge is 2.18. The summed E-state index contributed by atoms with van der Waals surface area (Å²) in [5.74, 6) is 0.121. The minimum absolute atomic E-state index is 0.121. The van der Waals surface area contributed by atoms with Crippen LogP contribution in [0.5, 0.6) is 0 Å². The first-order valence-electron chi connectivity index (χ1n) is 5.76. The van der Waals surface area contributed by atoms with Crippen molar-refractivity contribution in [2.45, 2.75) is 38.4 Å². The maximum atomic E-state index is 11.6. The van der Waals surface area contributed by atoms with E-state index in [2.05, 4.69) is 41.4 Å². The van der Waals surface area contributed by atoms with Gasteiger partial charge in [-0.15, -0.1) is 0 Å². The molecule has 1 N–H and O–H groups in total. The van der Waals surface area contributed by atoms with Crippen molar-refractivity contribution in [3.63, 3.8) is 0 Å². The SMILES string of the molecule is COCCCS(=O)(=O)NCC(Br)CC(C)(C)C. The number of methoxy groups -OCH3 is 1. The van der Waals surface area contributed by atoms with Gasteiger partial charge >= 0.3 is 0 Å². The molecule has 0 bridgehead atoms. The normalized spacial score (nSPS) is 14.9. The van der Waals surface area contributed by atoms with Crippen LogP contribution in [0.4, 0.5) is 0 Å². The zero-order valence-corrected chi connectivity index (χ0v) is 13.5. The Labute approximate surface area is 114 Å². The standard InChI is InChI=1S/C11H24BrNO3S/c1-11(2,3)8-10(12)9-13-17(14,15)7-5-6-16-4/h10,13H,5-9H2,1-4H3. The van der Waals surface area contributed by atoms with E-state index in [9.17, 15) is 8.42 Å². The summed E-state index contributed by atoms with van der Waals surface area (Å²) in [7, 11) is -1.60. The number of hydrogen-bond acceptors (Lipinski definition) is 3. The van der Waals surface area contributed by atoms with Gasteiger partial charge in [0.15, 0.2) is 0 Å². The van der Waals surface area contributed by atoms with Crippen molar-refractivity contribution in [1.82, 2.24) is 4.72 Å². The first kappa shape index (κ1) is 17.4. The topological polar surface area (TPSA) is 55.4 Å². The quantitative estimate of drug-likeness (QED) is 0.548. The van der Waals surface area contributed by atoms with Gasteiger partial charge in [0, 0.05) is 25.1 Å². The molecular formula is C11H24BrNO3S. The van der Waals surface area contributed by atoms with Crippen LogP contribution >= 0.6 is 15.9 Å². The maximum absolute atomic E-state index is 11.6. The highest BCUT2D eigenvalue weighted by molar-refractivity contribution is 9.09. The molecule has 0 aliphatic rings. The fraction of sp³-hybridized carbons (Fsp3) is 1.00. The summed E-state index contributed by atoms with van der Waals surface area (Å²) in [6.45, 7) is 7.31. The van der Waals surface area contributed by atoms with E-state index >= 15 is 0 Å². The Bertz CT molecular complexity index is 298. The van der Waals surface area contributed by atoms with Crippen LogP contribution in [0.1, 0.15) is 33.6 Å². The van der Waals surface area contributed by atoms with Gasteiger partial charge < -0.3 is 4.74 Å². The second kappa shape index (κ2) is 7.71. The lowest BCUT2D eigenvalue weighted by Gasteiger charge is -2.22. The number of hydrogen-bond donors (Lipinski definition) is 1. The molecule has 0 aliphatic carbocycles. The van der Waals surface area contributed by atoms with E-state index < -0.39 is 10.0 Å². The van der Waals surface area contributed by atoms with Gasteiger partial charge in [-0.25, -0.2) is 13.1 Å². The van der Waals surface area contributed by atoms with Gasteiger partial charge in [0.2, 0.25) is 10.0 Å². The van der Waals surface area contributed by atoms with Crippen LogP contribution in [0.2, 0.25) is 0 Å². The molecule has 1 unspecified atom stereocenters. The van der Waals surface area contributed by atoms with Crippen LogP contribution in [-0.2, 0) is 14.8 Å². The third kappa shape index (κ3) is 11.2. The van der Waals surface area contributed by atoms with Crippen LogP contribution in [0.15, 0.2) is 0 Å². The molecule has 4 nitrogen and oxygen atoms in total. The molecule has 0 amide bonds. The number of ether oxygens (including phenoxy) is 1. The molecule has 0 rings (SSSR count). The van der Waals surface area contributed by atoms with E-state index in [1.807, 2.05) is 0 Å². The van der Waals surface area contributed by atoms with Gasteiger partial charge in [-0.05, 0) is 18.3 Å². The highest BCUT2D eigenvalue weighted by atomic mass is 79.9. The van der Waals surface area contributed by atoms with Gasteiger partial charge in [0.25, 0.3) is 0 Å². The monoisotopic (exact) mass is 329 g/mol. The Morgan fingerprint density at radius 2 is 1.94 bits per heavy atom. The zero-order chi connectivity index (χ0) is 13.5. The average Bonchev–Trinajstić information content (AvgIpc) is 2.13. The summed E-state index contributed by atoms with van der Waals surface area (Å²) in [6.07, 6.45) is 1.45. The van der Waals surface area contributed by atoms with Gasteiger partial charge in [-0.3, -0.25) is 0 Å². The van der Waals surface area contributed by atoms with Crippen molar-refractivity contribution in [2.75, 3.05) is 26.0 Å². The molecule has 0 aromatic carbocycles. The molecular weight excluding hydrogens is 306 g/mol. The number of nitrogens with one attached hydrogen (secondary N) is 1. The second-order valence-electron chi connectivity index (χ2n) is 5.38. The maximum Gasteiger partial charge on any atom is 0.211 e. The number of rotatable bonds is 8. The van der Waals surface area contributed by atoms with Crippen LogP contribution in [0.25, 0.3) is 0 Å². The Morgan fingerprint density at radius 1 is 1.35 bits per heavy atom. The molecule has 0 aromatic heterocycles. The Hall–Kier alpha value is 0.350. The minimum atomic E-state index is -3.16. The predicted molar refractivity (Wildman–Crippen MR) is 75.1 cm³/mol. The van der Waals surface area contributed by atoms with Crippen LogP contribution in [0, 0.1) is 5.41 Å². The molecule has 0 saturated heterocycles. The zero-order valence-electron chi connectivity index (χ0n) is 11.1. The summed E-state index contributed by atoms with van der Waals surface area (Å²) >= 11 is 3.50. The fourth-order valence-electron chi connectivity index (χ4n) is 1.42. The molecule has 17 heavy (non-hydrogen) atoms. The van der Waals surface area contributed by atoms with Crippen molar-refractivity contribution in [1.29, 1.82) is 0 Å². The Balaban J connectivity index is 3.93. The molecule has 104 valence electrons. The second-order valence-corrected chi connectivity index (χ2v) is 8.60. The molecule has 0 radical (unpaired) electrons. The third-order valence-electron chi connectivity index (χ3n) is 2.12. The smallest absolute Gasteiger partial charge is 0.211 e. The predicted octanol–water partition coefficient (Wildman–Crippen LogP) is 2.14. The lowest BCUT2D eigenvalue weighted by molar-refractivity contribution is 0.199. The Kier molecular flexibility index (Phi) is 7.87. The highest BCUT2D eigenvalue weighted by Crippen LogP contribution is 2.24. The van der Waals surface area contributed by atoms with Crippen molar-refractivity contribution >= 4 is 26.0 Å². The summed E-state index contributed by atoms with van der Waals surface area (Å²) in [6, 6.07) is 0. The molecule has 1 atom stereocenters. The van der Waals surface area contributed by atoms with Crippen molar-refractivity contribution in [2.24, 2.45) is 5.41 Å². The third-order valence-corrected chi connectivity index (χ3v) is 4.20. The van der Waals surface area contributed by atoms with Crippen LogP contribution in [-0.4, -0.2) is 39.3 Å². The summed E-state index contributed by atoms with van der Waals surface area (Å²) in [4.78, 5) is 0.166. The number of alkyl halides is 1. The van der Waals surface area contributed by atoms with Gasteiger partial charge in [-0.1, -0.05) is 36.7 Å². The molecule has 0 aliphatic heterocycles. The van der Waals surface area contributed by atoms with E-state index in [1.165, 1.54) is 0 Å². The minimum Gasteiger partial charge on any atom is -0.385 e. The van der Waals surface area contributed by atoms with Crippen molar-refractivity contribution in [3.05, 3.63) is 0 Å². The van der Waals surface area contributed by atoms with E-state index in [0.717, 1.165) is 6.42 Å². The van der Waals surface area contributed by atoms with Crippen molar-refractivity contribution in [3.8, 4) is 0 Å². The van der Waals surface area contributed by atoms with Crippen LogP contribution < -0.4 is 4.72 Å². The van der Waals surface area contributed by atoms with Gasteiger partial charge in [0.05, 0.1) is 5.75 Å². The van der Waals surface area contributed by atoms with E-state index in [4.69, 9.17) is 4.74 Å². The van der Waals surface area contributed by atoms with Crippen LogP contribution in [0.3, 0.4) is 0 Å². The summed E-state index contributed by atoms with van der Waals surface area (Å²) < 4.78 is 30.6.